The summed E-state index contributed by atoms with van der Waals surface area (Å²) in [4.78, 5) is 20.6. The van der Waals surface area contributed by atoms with E-state index in [9.17, 15) is 10.1 Å². The van der Waals surface area contributed by atoms with E-state index in [1.807, 2.05) is 43.4 Å². The summed E-state index contributed by atoms with van der Waals surface area (Å²) in [5.74, 6) is 0.872. The second kappa shape index (κ2) is 8.14. The van der Waals surface area contributed by atoms with Crippen molar-refractivity contribution in [1.29, 1.82) is 0 Å². The third-order valence-electron chi connectivity index (χ3n) is 5.55. The molecule has 1 saturated heterocycles. The minimum atomic E-state index is -0.356. The predicted octanol–water partition coefficient (Wildman–Crippen LogP) is 3.41. The van der Waals surface area contributed by atoms with E-state index in [-0.39, 0.29) is 10.6 Å². The predicted molar refractivity (Wildman–Crippen MR) is 114 cm³/mol. The molecule has 1 fully saturated rings. The SMILES string of the molecule is CN1CCN(Cc2c(-c3cccc([N+](=O)[O-])c3)nc(-c3ccccc3)n2C)CC1. The monoisotopic (exact) mass is 391 g/mol. The van der Waals surface area contributed by atoms with Crippen LogP contribution in [0.5, 0.6) is 0 Å². The van der Waals surface area contributed by atoms with E-state index in [1.54, 1.807) is 12.1 Å². The summed E-state index contributed by atoms with van der Waals surface area (Å²) in [7, 11) is 4.17. The Hall–Kier alpha value is -3.03. The molecule has 7 nitrogen and oxygen atoms in total. The smallest absolute Gasteiger partial charge is 0.270 e. The van der Waals surface area contributed by atoms with Gasteiger partial charge in [-0.1, -0.05) is 42.5 Å². The van der Waals surface area contributed by atoms with Crippen LogP contribution in [0.4, 0.5) is 5.69 Å². The highest BCUT2D eigenvalue weighted by Crippen LogP contribution is 2.31. The fourth-order valence-corrected chi connectivity index (χ4v) is 3.77. The molecule has 0 N–H and O–H groups in total. The summed E-state index contributed by atoms with van der Waals surface area (Å²) < 4.78 is 2.13. The number of nitro benzene ring substituents is 1. The number of hydrogen-bond donors (Lipinski definition) is 0. The number of likely N-dealkylation sites (N-methyl/N-ethyl adjacent to an activating group) is 1. The van der Waals surface area contributed by atoms with Crippen molar-refractivity contribution in [2.45, 2.75) is 6.54 Å². The van der Waals surface area contributed by atoms with E-state index < -0.39 is 0 Å². The fourth-order valence-electron chi connectivity index (χ4n) is 3.77. The molecule has 0 atom stereocenters. The lowest BCUT2D eigenvalue weighted by molar-refractivity contribution is -0.384. The number of hydrogen-bond acceptors (Lipinski definition) is 5. The molecule has 1 aromatic heterocycles. The summed E-state index contributed by atoms with van der Waals surface area (Å²) in [6.07, 6.45) is 0. The first-order valence-corrected chi connectivity index (χ1v) is 9.79. The van der Waals surface area contributed by atoms with E-state index in [0.717, 1.165) is 61.1 Å². The van der Waals surface area contributed by atoms with Gasteiger partial charge in [-0.2, -0.15) is 0 Å². The van der Waals surface area contributed by atoms with E-state index in [1.165, 1.54) is 6.07 Å². The maximum Gasteiger partial charge on any atom is 0.270 e. The number of benzene rings is 2. The van der Waals surface area contributed by atoms with Gasteiger partial charge in [0, 0.05) is 63.0 Å². The zero-order valence-corrected chi connectivity index (χ0v) is 16.8. The average molecular weight is 391 g/mol. The van der Waals surface area contributed by atoms with Gasteiger partial charge in [0.1, 0.15) is 5.82 Å². The summed E-state index contributed by atoms with van der Waals surface area (Å²) in [6.45, 7) is 4.83. The minimum Gasteiger partial charge on any atom is -0.329 e. The summed E-state index contributed by atoms with van der Waals surface area (Å²) in [6, 6.07) is 16.8. The Labute approximate surface area is 170 Å². The highest BCUT2D eigenvalue weighted by molar-refractivity contribution is 5.70. The van der Waals surface area contributed by atoms with E-state index in [2.05, 4.69) is 21.4 Å². The second-order valence-corrected chi connectivity index (χ2v) is 7.54. The Morgan fingerprint density at radius 1 is 0.966 bits per heavy atom. The number of nitro groups is 1. The zero-order chi connectivity index (χ0) is 20.4. The van der Waals surface area contributed by atoms with Crippen LogP contribution in [0.2, 0.25) is 0 Å². The lowest BCUT2D eigenvalue weighted by atomic mass is 10.1. The van der Waals surface area contributed by atoms with Crippen molar-refractivity contribution in [1.82, 2.24) is 19.4 Å². The van der Waals surface area contributed by atoms with Crippen LogP contribution in [-0.4, -0.2) is 57.5 Å². The Bertz CT molecular complexity index is 1010. The zero-order valence-electron chi connectivity index (χ0n) is 16.8. The molecule has 0 amide bonds. The lowest BCUT2D eigenvalue weighted by Crippen LogP contribution is -2.44. The van der Waals surface area contributed by atoms with Gasteiger partial charge in [0.2, 0.25) is 0 Å². The largest absolute Gasteiger partial charge is 0.329 e. The first-order valence-electron chi connectivity index (χ1n) is 9.79. The Morgan fingerprint density at radius 3 is 2.34 bits per heavy atom. The van der Waals surface area contributed by atoms with Crippen LogP contribution in [0, 0.1) is 10.1 Å². The highest BCUT2D eigenvalue weighted by Gasteiger charge is 2.22. The van der Waals surface area contributed by atoms with Crippen LogP contribution in [0.1, 0.15) is 5.69 Å². The third kappa shape index (κ3) is 4.06. The van der Waals surface area contributed by atoms with Gasteiger partial charge in [0.25, 0.3) is 5.69 Å². The Morgan fingerprint density at radius 2 is 1.66 bits per heavy atom. The molecule has 0 radical (unpaired) electrons. The molecule has 0 spiro atoms. The van der Waals surface area contributed by atoms with Gasteiger partial charge in [-0.25, -0.2) is 4.98 Å². The molecule has 4 rings (SSSR count). The van der Waals surface area contributed by atoms with Gasteiger partial charge in [-0.3, -0.25) is 15.0 Å². The summed E-state index contributed by atoms with van der Waals surface area (Å²) in [5.41, 5.74) is 3.79. The quantitative estimate of drug-likeness (QED) is 0.493. The molecule has 2 heterocycles. The standard InChI is InChI=1S/C22H25N5O2/c1-24-11-13-26(14-12-24)16-20-21(18-9-6-10-19(15-18)27(28)29)23-22(25(20)2)17-7-4-3-5-8-17/h3-10,15H,11-14,16H2,1-2H3. The highest BCUT2D eigenvalue weighted by atomic mass is 16.6. The van der Waals surface area contributed by atoms with Gasteiger partial charge in [-0.15, -0.1) is 0 Å². The molecule has 0 aliphatic carbocycles. The third-order valence-corrected chi connectivity index (χ3v) is 5.55. The van der Waals surface area contributed by atoms with Crippen LogP contribution in [0.25, 0.3) is 22.6 Å². The average Bonchev–Trinajstić information content (AvgIpc) is 3.06. The van der Waals surface area contributed by atoms with E-state index in [4.69, 9.17) is 4.98 Å². The maximum atomic E-state index is 11.3. The topological polar surface area (TPSA) is 67.4 Å². The first kappa shape index (κ1) is 19.3. The van der Waals surface area contributed by atoms with Crippen molar-refractivity contribution in [2.24, 2.45) is 7.05 Å². The van der Waals surface area contributed by atoms with Crippen LogP contribution in [-0.2, 0) is 13.6 Å². The molecule has 2 aromatic carbocycles. The van der Waals surface area contributed by atoms with Gasteiger partial charge in [0.05, 0.1) is 16.3 Å². The van der Waals surface area contributed by atoms with E-state index >= 15 is 0 Å². The molecular weight excluding hydrogens is 366 g/mol. The van der Waals surface area contributed by atoms with Crippen LogP contribution >= 0.6 is 0 Å². The molecule has 29 heavy (non-hydrogen) atoms. The minimum absolute atomic E-state index is 0.0833. The number of imidazole rings is 1. The van der Waals surface area contributed by atoms with E-state index in [0.29, 0.717) is 0 Å². The molecule has 7 heteroatoms. The maximum absolute atomic E-state index is 11.3. The van der Waals surface area contributed by atoms with Crippen molar-refractivity contribution < 1.29 is 4.92 Å². The molecule has 0 saturated carbocycles. The summed E-state index contributed by atoms with van der Waals surface area (Å²) >= 11 is 0. The lowest BCUT2D eigenvalue weighted by Gasteiger charge is -2.32. The van der Waals surface area contributed by atoms with Gasteiger partial charge < -0.3 is 9.47 Å². The number of aromatic nitrogens is 2. The van der Waals surface area contributed by atoms with Crippen molar-refractivity contribution in [3.05, 3.63) is 70.4 Å². The molecule has 1 aliphatic rings. The molecule has 1 aliphatic heterocycles. The Kier molecular flexibility index (Phi) is 5.42. The molecular formula is C22H25N5O2. The van der Waals surface area contributed by atoms with Crippen molar-refractivity contribution in [3.8, 4) is 22.6 Å². The molecule has 0 unspecified atom stereocenters. The van der Waals surface area contributed by atoms with Gasteiger partial charge in [-0.05, 0) is 7.05 Å². The Balaban J connectivity index is 1.78. The first-order chi connectivity index (χ1) is 14.0. The molecule has 150 valence electrons. The molecule has 3 aromatic rings. The van der Waals surface area contributed by atoms with Gasteiger partial charge in [0.15, 0.2) is 0 Å². The van der Waals surface area contributed by atoms with Crippen LogP contribution in [0.3, 0.4) is 0 Å². The molecule has 0 bridgehead atoms. The number of rotatable bonds is 5. The van der Waals surface area contributed by atoms with Crippen molar-refractivity contribution in [3.63, 3.8) is 0 Å². The van der Waals surface area contributed by atoms with Crippen molar-refractivity contribution in [2.75, 3.05) is 33.2 Å². The van der Waals surface area contributed by atoms with Crippen LogP contribution < -0.4 is 0 Å². The second-order valence-electron chi connectivity index (χ2n) is 7.54. The van der Waals surface area contributed by atoms with Crippen molar-refractivity contribution >= 4 is 5.69 Å². The summed E-state index contributed by atoms with van der Waals surface area (Å²) in [5, 5.41) is 11.3. The number of nitrogens with zero attached hydrogens (tertiary/aromatic N) is 5. The normalized spacial score (nSPS) is 15.5. The number of non-ortho nitro benzene ring substituents is 1. The fraction of sp³-hybridized carbons (Fsp3) is 0.318. The number of piperazine rings is 1. The van der Waals surface area contributed by atoms with Gasteiger partial charge >= 0.3 is 0 Å². The van der Waals surface area contributed by atoms with Crippen LogP contribution in [0.15, 0.2) is 54.6 Å².